The lowest BCUT2D eigenvalue weighted by atomic mass is 9.89. The normalized spacial score (nSPS) is 24.7. The summed E-state index contributed by atoms with van der Waals surface area (Å²) in [5.41, 5.74) is 1.39. The third-order valence-corrected chi connectivity index (χ3v) is 5.31. The molecule has 2 atom stereocenters. The van der Waals surface area contributed by atoms with Gasteiger partial charge in [0.2, 0.25) is 0 Å². The lowest BCUT2D eigenvalue weighted by molar-refractivity contribution is -0.159. The van der Waals surface area contributed by atoms with E-state index in [0.717, 1.165) is 24.4 Å². The molecular weight excluding hydrogens is 346 g/mol. The van der Waals surface area contributed by atoms with Crippen LogP contribution in [0.1, 0.15) is 38.7 Å². The Bertz CT molecular complexity index is 581. The molecule has 0 aliphatic carbocycles. The van der Waals surface area contributed by atoms with E-state index < -0.39 is 11.9 Å². The highest BCUT2D eigenvalue weighted by molar-refractivity contribution is 6.27. The predicted molar refractivity (Wildman–Crippen MR) is 102 cm³/mol. The third-order valence-electron chi connectivity index (χ3n) is 5.31. The molecule has 2 N–H and O–H groups in total. The zero-order valence-electron chi connectivity index (χ0n) is 16.3. The summed E-state index contributed by atoms with van der Waals surface area (Å²) in [6.07, 6.45) is 7.89. The highest BCUT2D eigenvalue weighted by atomic mass is 16.4. The van der Waals surface area contributed by atoms with Gasteiger partial charge in [-0.2, -0.15) is 0 Å². The van der Waals surface area contributed by atoms with Crippen molar-refractivity contribution in [1.82, 2.24) is 14.8 Å². The van der Waals surface area contributed by atoms with E-state index in [9.17, 15) is 0 Å². The fourth-order valence-electron chi connectivity index (χ4n) is 4.20. The van der Waals surface area contributed by atoms with Gasteiger partial charge in [-0.3, -0.25) is 14.8 Å². The Kier molecular flexibility index (Phi) is 8.19. The summed E-state index contributed by atoms with van der Waals surface area (Å²) in [6, 6.07) is 5.10. The van der Waals surface area contributed by atoms with Crippen LogP contribution in [0.15, 0.2) is 24.5 Å². The first-order valence-corrected chi connectivity index (χ1v) is 9.66. The number of carboxylic acid groups (broad SMARTS) is 2. The van der Waals surface area contributed by atoms with Gasteiger partial charge < -0.3 is 10.2 Å². The van der Waals surface area contributed by atoms with E-state index in [1.807, 2.05) is 12.4 Å². The molecule has 150 valence electrons. The first kappa shape index (κ1) is 21.3. The number of rotatable bonds is 3. The van der Waals surface area contributed by atoms with Gasteiger partial charge in [-0.25, -0.2) is 9.59 Å². The van der Waals surface area contributed by atoms with Crippen molar-refractivity contribution in [1.29, 1.82) is 0 Å². The molecule has 0 radical (unpaired) electrons. The number of carbonyl (C=O) groups is 2. The molecule has 1 aromatic rings. The highest BCUT2D eigenvalue weighted by Crippen LogP contribution is 2.26. The van der Waals surface area contributed by atoms with Crippen LogP contribution in [0.3, 0.4) is 0 Å². The highest BCUT2D eigenvalue weighted by Gasteiger charge is 2.29. The molecule has 2 saturated heterocycles. The van der Waals surface area contributed by atoms with Crippen molar-refractivity contribution in [3.05, 3.63) is 30.1 Å². The molecule has 3 rings (SSSR count). The maximum Gasteiger partial charge on any atom is 0.414 e. The van der Waals surface area contributed by atoms with Crippen molar-refractivity contribution in [2.24, 2.45) is 11.8 Å². The molecule has 0 aromatic carbocycles. The molecule has 7 nitrogen and oxygen atoms in total. The summed E-state index contributed by atoms with van der Waals surface area (Å²) in [6.45, 7) is 11.0. The van der Waals surface area contributed by atoms with Gasteiger partial charge in [0.25, 0.3) is 0 Å². The van der Waals surface area contributed by atoms with E-state index in [2.05, 4.69) is 40.8 Å². The van der Waals surface area contributed by atoms with Crippen LogP contribution in [0.2, 0.25) is 0 Å². The average molecular weight is 377 g/mol. The van der Waals surface area contributed by atoms with E-state index in [0.29, 0.717) is 0 Å². The zero-order chi connectivity index (χ0) is 19.8. The SMILES string of the molecule is CC1CC(C)CN(C2CCN(Cc3ccncc3)CC2)C1.O=C(O)C(=O)O. The number of nitrogens with zero attached hydrogens (tertiary/aromatic N) is 3. The monoisotopic (exact) mass is 377 g/mol. The minimum absolute atomic E-state index is 0.823. The van der Waals surface area contributed by atoms with Crippen LogP contribution in [-0.2, 0) is 16.1 Å². The van der Waals surface area contributed by atoms with Crippen LogP contribution in [0.5, 0.6) is 0 Å². The summed E-state index contributed by atoms with van der Waals surface area (Å²) in [5, 5.41) is 14.8. The second-order valence-electron chi connectivity index (χ2n) is 7.87. The number of hydrogen-bond acceptors (Lipinski definition) is 5. The minimum atomic E-state index is -1.82. The minimum Gasteiger partial charge on any atom is -0.473 e. The van der Waals surface area contributed by atoms with Crippen LogP contribution in [0.4, 0.5) is 0 Å². The van der Waals surface area contributed by atoms with Crippen molar-refractivity contribution in [2.45, 2.75) is 45.7 Å². The summed E-state index contributed by atoms with van der Waals surface area (Å²) in [4.78, 5) is 27.7. The fourth-order valence-corrected chi connectivity index (χ4v) is 4.20. The Morgan fingerprint density at radius 2 is 1.56 bits per heavy atom. The Morgan fingerprint density at radius 1 is 1.04 bits per heavy atom. The molecule has 0 bridgehead atoms. The van der Waals surface area contributed by atoms with Gasteiger partial charge in [0.05, 0.1) is 0 Å². The second-order valence-corrected chi connectivity index (χ2v) is 7.87. The first-order valence-electron chi connectivity index (χ1n) is 9.66. The molecule has 7 heteroatoms. The van der Waals surface area contributed by atoms with Crippen molar-refractivity contribution in [2.75, 3.05) is 26.2 Å². The third kappa shape index (κ3) is 7.27. The van der Waals surface area contributed by atoms with Crippen molar-refractivity contribution in [3.8, 4) is 0 Å². The van der Waals surface area contributed by atoms with Crippen LogP contribution >= 0.6 is 0 Å². The summed E-state index contributed by atoms with van der Waals surface area (Å²) < 4.78 is 0. The number of piperidine rings is 2. The summed E-state index contributed by atoms with van der Waals surface area (Å²) >= 11 is 0. The van der Waals surface area contributed by atoms with E-state index in [4.69, 9.17) is 19.8 Å². The zero-order valence-corrected chi connectivity index (χ0v) is 16.3. The maximum atomic E-state index is 9.10. The number of likely N-dealkylation sites (tertiary alicyclic amines) is 2. The smallest absolute Gasteiger partial charge is 0.414 e. The van der Waals surface area contributed by atoms with Crippen molar-refractivity contribution >= 4 is 11.9 Å². The number of pyridine rings is 1. The van der Waals surface area contributed by atoms with Gasteiger partial charge in [-0.15, -0.1) is 0 Å². The first-order chi connectivity index (χ1) is 12.8. The molecular formula is C20H31N3O4. The Labute approximate surface area is 161 Å². The van der Waals surface area contributed by atoms with Crippen LogP contribution in [-0.4, -0.2) is 69.2 Å². The van der Waals surface area contributed by atoms with Crippen molar-refractivity contribution in [3.63, 3.8) is 0 Å². The molecule has 2 aliphatic heterocycles. The molecule has 3 heterocycles. The summed E-state index contributed by atoms with van der Waals surface area (Å²) in [5.74, 6) is -1.89. The molecule has 2 aliphatic rings. The molecule has 0 saturated carbocycles. The lowest BCUT2D eigenvalue weighted by Gasteiger charge is -2.43. The molecule has 2 fully saturated rings. The molecule has 2 unspecified atom stereocenters. The number of aromatic nitrogens is 1. The average Bonchev–Trinajstić information content (AvgIpc) is 2.63. The predicted octanol–water partition coefficient (Wildman–Crippen LogP) is 2.18. The van der Waals surface area contributed by atoms with E-state index in [1.54, 1.807) is 0 Å². The quantitative estimate of drug-likeness (QED) is 0.780. The Morgan fingerprint density at radius 3 is 2.04 bits per heavy atom. The van der Waals surface area contributed by atoms with Gasteiger partial charge in [0, 0.05) is 38.1 Å². The molecule has 0 amide bonds. The van der Waals surface area contributed by atoms with Gasteiger partial charge >= 0.3 is 11.9 Å². The van der Waals surface area contributed by atoms with Gasteiger partial charge in [0.15, 0.2) is 0 Å². The Balaban J connectivity index is 0.000000380. The topological polar surface area (TPSA) is 94.0 Å². The van der Waals surface area contributed by atoms with Crippen LogP contribution < -0.4 is 0 Å². The van der Waals surface area contributed by atoms with Crippen LogP contribution in [0.25, 0.3) is 0 Å². The second kappa shape index (κ2) is 10.4. The van der Waals surface area contributed by atoms with E-state index >= 15 is 0 Å². The van der Waals surface area contributed by atoms with E-state index in [-0.39, 0.29) is 0 Å². The van der Waals surface area contributed by atoms with E-state index in [1.165, 1.54) is 51.0 Å². The van der Waals surface area contributed by atoms with Crippen molar-refractivity contribution < 1.29 is 19.8 Å². The standard InChI is InChI=1S/C18H29N3.C2H2O4/c1-15-11-16(2)13-21(12-15)18-5-9-20(10-6-18)14-17-3-7-19-8-4-17;3-1(4)2(5)6/h3-4,7-8,15-16,18H,5-6,9-14H2,1-2H3;(H,3,4)(H,5,6). The van der Waals surface area contributed by atoms with Gasteiger partial charge in [-0.05, 0) is 61.9 Å². The fraction of sp³-hybridized carbons (Fsp3) is 0.650. The number of hydrogen-bond donors (Lipinski definition) is 2. The molecule has 1 aromatic heterocycles. The molecule has 27 heavy (non-hydrogen) atoms. The van der Waals surface area contributed by atoms with Crippen LogP contribution in [0, 0.1) is 11.8 Å². The molecule has 0 spiro atoms. The largest absolute Gasteiger partial charge is 0.473 e. The summed E-state index contributed by atoms with van der Waals surface area (Å²) in [7, 11) is 0. The maximum absolute atomic E-state index is 9.10. The Hall–Kier alpha value is -1.99. The lowest BCUT2D eigenvalue weighted by Crippen LogP contribution is -2.49. The number of aliphatic carboxylic acids is 2. The number of carboxylic acids is 2. The van der Waals surface area contributed by atoms with Gasteiger partial charge in [0.1, 0.15) is 0 Å². The van der Waals surface area contributed by atoms with Gasteiger partial charge in [-0.1, -0.05) is 13.8 Å².